The van der Waals surface area contributed by atoms with E-state index in [1.165, 1.54) is 12.2 Å². The fourth-order valence-corrected chi connectivity index (χ4v) is 1.97. The molecule has 0 spiro atoms. The standard InChI is InChI=1S/C8H13NO4S/c1-3-5-9(7-8(10)11)14(12,13)6-4-2/h3-4H,1-2,5-7H2,(H,10,11). The molecule has 0 rings (SSSR count). The molecule has 80 valence electrons. The SMILES string of the molecule is C=CCN(CC(=O)O)S(=O)(=O)CC=C. The highest BCUT2D eigenvalue weighted by atomic mass is 32.2. The van der Waals surface area contributed by atoms with Gasteiger partial charge in [0.2, 0.25) is 10.0 Å². The number of nitrogens with zero attached hydrogens (tertiary/aromatic N) is 1. The van der Waals surface area contributed by atoms with E-state index in [4.69, 9.17) is 5.11 Å². The van der Waals surface area contributed by atoms with E-state index < -0.39 is 22.5 Å². The zero-order chi connectivity index (χ0) is 11.2. The van der Waals surface area contributed by atoms with Gasteiger partial charge in [0.15, 0.2) is 0 Å². The highest BCUT2D eigenvalue weighted by Crippen LogP contribution is 2.01. The van der Waals surface area contributed by atoms with Gasteiger partial charge in [-0.3, -0.25) is 4.79 Å². The molecule has 0 aliphatic rings. The Kier molecular flexibility index (Phi) is 5.11. The Balaban J connectivity index is 4.70. The van der Waals surface area contributed by atoms with Crippen LogP contribution in [0.4, 0.5) is 0 Å². The van der Waals surface area contributed by atoms with Crippen LogP contribution < -0.4 is 0 Å². The van der Waals surface area contributed by atoms with Crippen LogP contribution in [0.3, 0.4) is 0 Å². The molecule has 0 saturated carbocycles. The average molecular weight is 219 g/mol. The Bertz CT molecular complexity index is 320. The van der Waals surface area contributed by atoms with E-state index in [1.807, 2.05) is 0 Å². The van der Waals surface area contributed by atoms with Crippen molar-refractivity contribution in [2.45, 2.75) is 0 Å². The summed E-state index contributed by atoms with van der Waals surface area (Å²) >= 11 is 0. The molecule has 0 amide bonds. The second-order valence-electron chi connectivity index (χ2n) is 2.54. The van der Waals surface area contributed by atoms with Crippen LogP contribution in [0.2, 0.25) is 0 Å². The van der Waals surface area contributed by atoms with Crippen molar-refractivity contribution >= 4 is 16.0 Å². The van der Waals surface area contributed by atoms with E-state index >= 15 is 0 Å². The van der Waals surface area contributed by atoms with E-state index in [2.05, 4.69) is 13.2 Å². The number of hydrogen-bond donors (Lipinski definition) is 1. The monoisotopic (exact) mass is 219 g/mol. The van der Waals surface area contributed by atoms with Crippen molar-refractivity contribution in [1.29, 1.82) is 0 Å². The second kappa shape index (κ2) is 5.56. The van der Waals surface area contributed by atoms with Gasteiger partial charge in [-0.05, 0) is 0 Å². The number of carbonyl (C=O) groups is 1. The molecule has 0 radical (unpaired) electrons. The van der Waals surface area contributed by atoms with Gasteiger partial charge in [-0.15, -0.1) is 13.2 Å². The summed E-state index contributed by atoms with van der Waals surface area (Å²) in [6.07, 6.45) is 2.55. The molecule has 6 heteroatoms. The molecule has 0 atom stereocenters. The predicted molar refractivity (Wildman–Crippen MR) is 53.4 cm³/mol. The van der Waals surface area contributed by atoms with E-state index in [0.29, 0.717) is 0 Å². The lowest BCUT2D eigenvalue weighted by Gasteiger charge is -2.17. The van der Waals surface area contributed by atoms with Gasteiger partial charge in [0, 0.05) is 6.54 Å². The highest BCUT2D eigenvalue weighted by molar-refractivity contribution is 7.89. The number of hydrogen-bond acceptors (Lipinski definition) is 3. The van der Waals surface area contributed by atoms with Gasteiger partial charge in [-0.2, -0.15) is 4.31 Å². The number of aliphatic carboxylic acids is 1. The molecule has 1 N–H and O–H groups in total. The first-order valence-corrected chi connectivity index (χ1v) is 5.46. The minimum atomic E-state index is -3.57. The van der Waals surface area contributed by atoms with Crippen molar-refractivity contribution in [3.05, 3.63) is 25.3 Å². The van der Waals surface area contributed by atoms with Gasteiger partial charge >= 0.3 is 5.97 Å². The van der Waals surface area contributed by atoms with Gasteiger partial charge in [-0.25, -0.2) is 8.42 Å². The fourth-order valence-electron chi connectivity index (χ4n) is 0.826. The summed E-state index contributed by atoms with van der Waals surface area (Å²) in [6, 6.07) is 0. The summed E-state index contributed by atoms with van der Waals surface area (Å²) in [6.45, 7) is 6.08. The van der Waals surface area contributed by atoms with Crippen LogP contribution in [-0.4, -0.2) is 42.6 Å². The summed E-state index contributed by atoms with van der Waals surface area (Å²) in [5.74, 6) is -1.46. The Morgan fingerprint density at radius 3 is 2.29 bits per heavy atom. The molecular weight excluding hydrogens is 206 g/mol. The van der Waals surface area contributed by atoms with E-state index in [1.54, 1.807) is 0 Å². The lowest BCUT2D eigenvalue weighted by atomic mass is 10.6. The summed E-state index contributed by atoms with van der Waals surface area (Å²) in [5, 5.41) is 8.48. The van der Waals surface area contributed by atoms with Crippen LogP contribution in [0.25, 0.3) is 0 Å². The first kappa shape index (κ1) is 12.9. The minimum absolute atomic E-state index is 0.0114. The zero-order valence-corrected chi connectivity index (χ0v) is 8.53. The minimum Gasteiger partial charge on any atom is -0.480 e. The first-order valence-electron chi connectivity index (χ1n) is 3.85. The topological polar surface area (TPSA) is 74.7 Å². The molecule has 0 aromatic heterocycles. The van der Waals surface area contributed by atoms with Gasteiger partial charge in [-0.1, -0.05) is 12.2 Å². The number of carboxylic acids is 1. The van der Waals surface area contributed by atoms with E-state index in [0.717, 1.165) is 4.31 Å². The van der Waals surface area contributed by atoms with Gasteiger partial charge < -0.3 is 5.11 Å². The Hall–Kier alpha value is -1.14. The van der Waals surface area contributed by atoms with Gasteiger partial charge in [0.05, 0.1) is 5.75 Å². The Morgan fingerprint density at radius 1 is 1.36 bits per heavy atom. The maximum absolute atomic E-state index is 11.4. The van der Waals surface area contributed by atoms with Crippen LogP contribution in [-0.2, 0) is 14.8 Å². The Labute approximate surface area is 83.4 Å². The normalized spacial score (nSPS) is 11.2. The number of sulfonamides is 1. The third-order valence-corrected chi connectivity index (χ3v) is 3.09. The summed E-state index contributed by atoms with van der Waals surface area (Å²) in [7, 11) is -3.57. The predicted octanol–water partition coefficient (Wildman–Crippen LogP) is 0.0748. The highest BCUT2D eigenvalue weighted by Gasteiger charge is 2.21. The van der Waals surface area contributed by atoms with Crippen molar-refractivity contribution < 1.29 is 18.3 Å². The summed E-state index contributed by atoms with van der Waals surface area (Å²) in [4.78, 5) is 10.4. The molecule has 0 aliphatic heterocycles. The maximum Gasteiger partial charge on any atom is 0.318 e. The molecule has 0 saturated heterocycles. The molecule has 0 bridgehead atoms. The quantitative estimate of drug-likeness (QED) is 0.615. The molecule has 0 aromatic rings. The van der Waals surface area contributed by atoms with Crippen molar-refractivity contribution in [3.8, 4) is 0 Å². The van der Waals surface area contributed by atoms with E-state index in [9.17, 15) is 13.2 Å². The zero-order valence-electron chi connectivity index (χ0n) is 7.72. The fraction of sp³-hybridized carbons (Fsp3) is 0.375. The van der Waals surface area contributed by atoms with Gasteiger partial charge in [0.25, 0.3) is 0 Å². The van der Waals surface area contributed by atoms with Crippen LogP contribution >= 0.6 is 0 Å². The average Bonchev–Trinajstić information content (AvgIpc) is 2.02. The van der Waals surface area contributed by atoms with Crippen molar-refractivity contribution in [1.82, 2.24) is 4.31 Å². The largest absolute Gasteiger partial charge is 0.480 e. The lowest BCUT2D eigenvalue weighted by molar-refractivity contribution is -0.137. The lowest BCUT2D eigenvalue weighted by Crippen LogP contribution is -2.36. The third kappa shape index (κ3) is 4.20. The van der Waals surface area contributed by atoms with Gasteiger partial charge in [0.1, 0.15) is 6.54 Å². The number of rotatable bonds is 7. The van der Waals surface area contributed by atoms with Crippen molar-refractivity contribution in [3.63, 3.8) is 0 Å². The van der Waals surface area contributed by atoms with Crippen LogP contribution in [0, 0.1) is 0 Å². The molecule has 0 heterocycles. The molecule has 14 heavy (non-hydrogen) atoms. The second-order valence-corrected chi connectivity index (χ2v) is 4.56. The van der Waals surface area contributed by atoms with Crippen molar-refractivity contribution in [2.75, 3.05) is 18.8 Å². The molecule has 5 nitrogen and oxygen atoms in total. The van der Waals surface area contributed by atoms with Crippen molar-refractivity contribution in [2.24, 2.45) is 0 Å². The van der Waals surface area contributed by atoms with E-state index in [-0.39, 0.29) is 12.3 Å². The summed E-state index contributed by atoms with van der Waals surface area (Å²) < 4.78 is 23.6. The molecule has 0 aliphatic carbocycles. The number of carboxylic acid groups (broad SMARTS) is 1. The van der Waals surface area contributed by atoms with Crippen LogP contribution in [0.5, 0.6) is 0 Å². The Morgan fingerprint density at radius 2 is 1.93 bits per heavy atom. The molecule has 0 aromatic carbocycles. The smallest absolute Gasteiger partial charge is 0.318 e. The third-order valence-electron chi connectivity index (χ3n) is 1.37. The van der Waals surface area contributed by atoms with Crippen LogP contribution in [0.1, 0.15) is 0 Å². The molecule has 0 unspecified atom stereocenters. The first-order chi connectivity index (χ1) is 6.44. The summed E-state index contributed by atoms with van der Waals surface area (Å²) in [5.41, 5.74) is 0. The molecule has 0 fully saturated rings. The molecular formula is C8H13NO4S. The van der Waals surface area contributed by atoms with Crippen LogP contribution in [0.15, 0.2) is 25.3 Å². The maximum atomic E-state index is 11.4.